The summed E-state index contributed by atoms with van der Waals surface area (Å²) in [6.45, 7) is 1.26. The summed E-state index contributed by atoms with van der Waals surface area (Å²) in [7, 11) is 1.66. The van der Waals surface area contributed by atoms with Crippen LogP contribution in [0.15, 0.2) is 54.6 Å². The van der Waals surface area contributed by atoms with Gasteiger partial charge in [0.2, 0.25) is 5.91 Å². The van der Waals surface area contributed by atoms with Crippen LogP contribution in [0.3, 0.4) is 0 Å². The number of carboxylic acids is 1. The van der Waals surface area contributed by atoms with E-state index in [2.05, 4.69) is 10.6 Å². The average Bonchev–Trinajstić information content (AvgIpc) is 2.75. The molecule has 0 aromatic heterocycles. The third-order valence-electron chi connectivity index (χ3n) is 5.43. The molecule has 1 saturated heterocycles. The lowest BCUT2D eigenvalue weighted by atomic mass is 9.88. The quantitative estimate of drug-likeness (QED) is 0.620. The van der Waals surface area contributed by atoms with Crippen LogP contribution >= 0.6 is 0 Å². The lowest BCUT2D eigenvalue weighted by Crippen LogP contribution is -2.57. The second-order valence-corrected chi connectivity index (χ2v) is 7.23. The summed E-state index contributed by atoms with van der Waals surface area (Å²) in [5, 5.41) is 15.1. The van der Waals surface area contributed by atoms with E-state index >= 15 is 0 Å². The zero-order chi connectivity index (χ0) is 20.9. The molecule has 152 valence electrons. The molecule has 0 saturated carbocycles. The molecule has 1 aliphatic heterocycles. The second kappa shape index (κ2) is 8.98. The van der Waals surface area contributed by atoms with Crippen molar-refractivity contribution in [3.05, 3.63) is 65.7 Å². The molecule has 3 rings (SSSR count). The van der Waals surface area contributed by atoms with Gasteiger partial charge in [-0.1, -0.05) is 30.3 Å². The molecule has 1 aliphatic rings. The van der Waals surface area contributed by atoms with E-state index in [0.29, 0.717) is 42.7 Å². The minimum Gasteiger partial charge on any atom is -0.480 e. The molecule has 0 spiro atoms. The zero-order valence-corrected chi connectivity index (χ0v) is 16.4. The van der Waals surface area contributed by atoms with Crippen LogP contribution < -0.4 is 10.6 Å². The Morgan fingerprint density at radius 1 is 0.966 bits per heavy atom. The van der Waals surface area contributed by atoms with Crippen molar-refractivity contribution in [1.82, 2.24) is 10.2 Å². The van der Waals surface area contributed by atoms with Crippen LogP contribution in [-0.4, -0.2) is 59.9 Å². The van der Waals surface area contributed by atoms with Crippen LogP contribution in [0.25, 0.3) is 0 Å². The predicted octanol–water partition coefficient (Wildman–Crippen LogP) is 1.99. The number of likely N-dealkylation sites (N-methyl/N-ethyl adjacent to an activating group) is 1. The monoisotopic (exact) mass is 395 g/mol. The molecule has 2 aromatic carbocycles. The molecular weight excluding hydrogens is 370 g/mol. The van der Waals surface area contributed by atoms with Gasteiger partial charge in [0.05, 0.1) is 6.54 Å². The molecule has 0 radical (unpaired) electrons. The number of benzene rings is 2. The summed E-state index contributed by atoms with van der Waals surface area (Å²) < 4.78 is 0. The van der Waals surface area contributed by atoms with Crippen LogP contribution in [0.5, 0.6) is 0 Å². The van der Waals surface area contributed by atoms with Gasteiger partial charge in [-0.3, -0.25) is 19.3 Å². The molecule has 1 fully saturated rings. The van der Waals surface area contributed by atoms with E-state index in [0.717, 1.165) is 0 Å². The third kappa shape index (κ3) is 4.88. The number of carbonyl (C=O) groups is 3. The molecule has 29 heavy (non-hydrogen) atoms. The number of hydrogen-bond acceptors (Lipinski definition) is 5. The fourth-order valence-electron chi connectivity index (χ4n) is 3.53. The highest BCUT2D eigenvalue weighted by Gasteiger charge is 2.40. The number of rotatable bonds is 7. The van der Waals surface area contributed by atoms with Crippen LogP contribution in [0.2, 0.25) is 0 Å². The summed E-state index contributed by atoms with van der Waals surface area (Å²) in [5.74, 6) is -1.09. The van der Waals surface area contributed by atoms with Gasteiger partial charge < -0.3 is 15.7 Å². The van der Waals surface area contributed by atoms with Crippen LogP contribution in [0, 0.1) is 0 Å². The first kappa shape index (κ1) is 20.7. The highest BCUT2D eigenvalue weighted by atomic mass is 16.4. The minimum absolute atomic E-state index is 0.0664. The Balaban J connectivity index is 1.53. The second-order valence-electron chi connectivity index (χ2n) is 7.23. The summed E-state index contributed by atoms with van der Waals surface area (Å²) >= 11 is 0. The van der Waals surface area contributed by atoms with Gasteiger partial charge in [0.1, 0.15) is 5.54 Å². The first-order chi connectivity index (χ1) is 13.9. The van der Waals surface area contributed by atoms with E-state index in [9.17, 15) is 19.5 Å². The van der Waals surface area contributed by atoms with Gasteiger partial charge in [-0.05, 0) is 44.2 Å². The van der Waals surface area contributed by atoms with E-state index in [4.69, 9.17) is 0 Å². The SMILES string of the molecule is CNC1(C(=O)O)CCN(CC(=O)Nc2ccc(C(=O)c3ccccc3)cc2)CC1. The van der Waals surface area contributed by atoms with Crippen molar-refractivity contribution in [2.75, 3.05) is 32.0 Å². The molecule has 0 bridgehead atoms. The largest absolute Gasteiger partial charge is 0.480 e. The standard InChI is InChI=1S/C22H25N3O4/c1-23-22(21(28)29)11-13-25(14-12-22)15-19(26)24-18-9-7-17(8-10-18)20(27)16-5-3-2-4-6-16/h2-10,23H,11-15H2,1H3,(H,24,26)(H,28,29). The Bertz CT molecular complexity index is 873. The van der Waals surface area contributed by atoms with Gasteiger partial charge in [-0.25, -0.2) is 0 Å². The fraction of sp³-hybridized carbons (Fsp3) is 0.318. The summed E-state index contributed by atoms with van der Waals surface area (Å²) in [6.07, 6.45) is 0.894. The molecule has 3 N–H and O–H groups in total. The van der Waals surface area contributed by atoms with Gasteiger partial charge in [-0.15, -0.1) is 0 Å². The summed E-state index contributed by atoms with van der Waals surface area (Å²) in [4.78, 5) is 38.2. The number of amides is 1. The summed E-state index contributed by atoms with van der Waals surface area (Å²) in [5.41, 5.74) is 0.885. The molecule has 7 heteroatoms. The van der Waals surface area contributed by atoms with Gasteiger partial charge in [0.15, 0.2) is 5.78 Å². The van der Waals surface area contributed by atoms with Crippen LogP contribution in [0.1, 0.15) is 28.8 Å². The number of carbonyl (C=O) groups excluding carboxylic acids is 2. The number of likely N-dealkylation sites (tertiary alicyclic amines) is 1. The van der Waals surface area contributed by atoms with Crippen LogP contribution in [0.4, 0.5) is 5.69 Å². The molecule has 0 atom stereocenters. The molecule has 1 heterocycles. The van der Waals surface area contributed by atoms with E-state index < -0.39 is 11.5 Å². The van der Waals surface area contributed by atoms with Crippen molar-refractivity contribution in [3.8, 4) is 0 Å². The third-order valence-corrected chi connectivity index (χ3v) is 5.43. The summed E-state index contributed by atoms with van der Waals surface area (Å²) in [6, 6.07) is 15.8. The highest BCUT2D eigenvalue weighted by Crippen LogP contribution is 2.22. The Hall–Kier alpha value is -3.03. The van der Waals surface area contributed by atoms with E-state index in [1.165, 1.54) is 0 Å². The Morgan fingerprint density at radius 2 is 1.55 bits per heavy atom. The molecule has 2 aromatic rings. The number of aliphatic carboxylic acids is 1. The number of ketones is 1. The fourth-order valence-corrected chi connectivity index (χ4v) is 3.53. The first-order valence-corrected chi connectivity index (χ1v) is 9.58. The maximum atomic E-state index is 12.4. The number of hydrogen-bond donors (Lipinski definition) is 3. The zero-order valence-electron chi connectivity index (χ0n) is 16.4. The number of nitrogens with one attached hydrogen (secondary N) is 2. The predicted molar refractivity (Wildman–Crippen MR) is 110 cm³/mol. The molecular formula is C22H25N3O4. The van der Waals surface area contributed by atoms with Gasteiger partial charge in [0, 0.05) is 29.9 Å². The van der Waals surface area contributed by atoms with Gasteiger partial charge in [0.25, 0.3) is 0 Å². The molecule has 1 amide bonds. The number of carboxylic acid groups (broad SMARTS) is 1. The number of piperidine rings is 1. The Labute approximate surface area is 169 Å². The van der Waals surface area contributed by atoms with Crippen molar-refractivity contribution in [2.45, 2.75) is 18.4 Å². The Morgan fingerprint density at radius 3 is 2.10 bits per heavy atom. The van der Waals surface area contributed by atoms with E-state index in [-0.39, 0.29) is 18.2 Å². The molecule has 0 unspecified atom stereocenters. The Kier molecular flexibility index (Phi) is 6.41. The number of nitrogens with zero attached hydrogens (tertiary/aromatic N) is 1. The smallest absolute Gasteiger partial charge is 0.323 e. The van der Waals surface area contributed by atoms with Crippen LogP contribution in [-0.2, 0) is 9.59 Å². The van der Waals surface area contributed by atoms with E-state index in [1.807, 2.05) is 23.1 Å². The maximum absolute atomic E-state index is 12.4. The lowest BCUT2D eigenvalue weighted by molar-refractivity contribution is -0.146. The molecule has 0 aliphatic carbocycles. The first-order valence-electron chi connectivity index (χ1n) is 9.58. The normalized spacial score (nSPS) is 16.2. The van der Waals surface area contributed by atoms with Crippen molar-refractivity contribution in [1.29, 1.82) is 0 Å². The molecule has 7 nitrogen and oxygen atoms in total. The van der Waals surface area contributed by atoms with Crippen molar-refractivity contribution in [2.24, 2.45) is 0 Å². The van der Waals surface area contributed by atoms with Gasteiger partial charge in [-0.2, -0.15) is 0 Å². The topological polar surface area (TPSA) is 98.7 Å². The average molecular weight is 395 g/mol. The van der Waals surface area contributed by atoms with Gasteiger partial charge >= 0.3 is 5.97 Å². The maximum Gasteiger partial charge on any atom is 0.323 e. The van der Waals surface area contributed by atoms with E-state index in [1.54, 1.807) is 43.4 Å². The minimum atomic E-state index is -0.909. The lowest BCUT2D eigenvalue weighted by Gasteiger charge is -2.38. The van der Waals surface area contributed by atoms with Crippen molar-refractivity contribution >= 4 is 23.3 Å². The number of anilines is 1. The van der Waals surface area contributed by atoms with Crippen molar-refractivity contribution < 1.29 is 19.5 Å². The van der Waals surface area contributed by atoms with Crippen molar-refractivity contribution in [3.63, 3.8) is 0 Å². The highest BCUT2D eigenvalue weighted by molar-refractivity contribution is 6.09.